The number of rotatable bonds is 3. The average molecular weight is 254 g/mol. The lowest BCUT2D eigenvalue weighted by atomic mass is 10.3. The lowest BCUT2D eigenvalue weighted by Crippen LogP contribution is -2.15. The van der Waals surface area contributed by atoms with Crippen molar-refractivity contribution in [2.24, 2.45) is 17.0 Å². The van der Waals surface area contributed by atoms with Crippen molar-refractivity contribution < 1.29 is 13.2 Å². The Hall–Kier alpha value is -1.40. The number of carbonyl (C=O) groups is 1. The predicted octanol–water partition coefficient (Wildman–Crippen LogP) is 0.929. The van der Waals surface area contributed by atoms with Crippen LogP contribution >= 0.6 is 0 Å². The van der Waals surface area contributed by atoms with Gasteiger partial charge in [0.1, 0.15) is 0 Å². The molecule has 6 heteroatoms. The highest BCUT2D eigenvalue weighted by Gasteiger charge is 2.38. The maximum absolute atomic E-state index is 11.6. The molecule has 17 heavy (non-hydrogen) atoms. The second-order valence-corrected chi connectivity index (χ2v) is 5.94. The number of primary sulfonamides is 1. The lowest BCUT2D eigenvalue weighted by molar-refractivity contribution is -0.117. The molecule has 2 rings (SSSR count). The molecule has 1 aliphatic rings. The van der Waals surface area contributed by atoms with Gasteiger partial charge in [0.05, 0.1) is 4.90 Å². The zero-order valence-electron chi connectivity index (χ0n) is 9.38. The highest BCUT2D eigenvalue weighted by molar-refractivity contribution is 7.89. The molecule has 0 radical (unpaired) electrons. The van der Waals surface area contributed by atoms with Crippen LogP contribution in [0.25, 0.3) is 0 Å². The van der Waals surface area contributed by atoms with Crippen LogP contribution in [0.5, 0.6) is 0 Å². The van der Waals surface area contributed by atoms with Crippen LogP contribution in [0, 0.1) is 11.8 Å². The smallest absolute Gasteiger partial charge is 0.238 e. The number of benzene rings is 1. The van der Waals surface area contributed by atoms with E-state index in [0.29, 0.717) is 11.6 Å². The summed E-state index contributed by atoms with van der Waals surface area (Å²) < 4.78 is 22.0. The van der Waals surface area contributed by atoms with Crippen LogP contribution in [-0.2, 0) is 14.8 Å². The average Bonchev–Trinajstić information content (AvgIpc) is 2.95. The zero-order valence-corrected chi connectivity index (χ0v) is 10.2. The monoisotopic (exact) mass is 254 g/mol. The van der Waals surface area contributed by atoms with Gasteiger partial charge in [0.2, 0.25) is 15.9 Å². The predicted molar refractivity (Wildman–Crippen MR) is 63.7 cm³/mol. The second-order valence-electron chi connectivity index (χ2n) is 4.38. The molecule has 2 unspecified atom stereocenters. The standard InChI is InChI=1S/C11H14N2O3S/c1-7-6-10(7)11(14)13-8-2-4-9(5-3-8)17(12,15)16/h2-5,7,10H,6H2,1H3,(H,13,14)(H2,12,15,16). The Morgan fingerprint density at radius 3 is 2.29 bits per heavy atom. The third-order valence-electron chi connectivity index (χ3n) is 2.90. The van der Waals surface area contributed by atoms with E-state index in [4.69, 9.17) is 5.14 Å². The fraction of sp³-hybridized carbons (Fsp3) is 0.364. The Morgan fingerprint density at radius 1 is 1.35 bits per heavy atom. The second kappa shape index (κ2) is 4.12. The van der Waals surface area contributed by atoms with E-state index in [1.165, 1.54) is 24.3 Å². The first-order valence-electron chi connectivity index (χ1n) is 5.31. The number of carbonyl (C=O) groups excluding carboxylic acids is 1. The largest absolute Gasteiger partial charge is 0.326 e. The van der Waals surface area contributed by atoms with Gasteiger partial charge in [-0.25, -0.2) is 13.6 Å². The number of hydrogen-bond donors (Lipinski definition) is 2. The van der Waals surface area contributed by atoms with Gasteiger partial charge in [0, 0.05) is 11.6 Å². The number of amides is 1. The SMILES string of the molecule is CC1CC1C(=O)Nc1ccc(S(N)(=O)=O)cc1. The molecule has 0 heterocycles. The molecule has 1 aromatic carbocycles. The molecule has 1 amide bonds. The normalized spacial score (nSPS) is 23.2. The first-order chi connectivity index (χ1) is 7.88. The summed E-state index contributed by atoms with van der Waals surface area (Å²) >= 11 is 0. The van der Waals surface area contributed by atoms with Crippen LogP contribution in [0.2, 0.25) is 0 Å². The summed E-state index contributed by atoms with van der Waals surface area (Å²) in [6.07, 6.45) is 0.918. The Morgan fingerprint density at radius 2 is 1.88 bits per heavy atom. The third-order valence-corrected chi connectivity index (χ3v) is 3.83. The minimum atomic E-state index is -3.67. The van der Waals surface area contributed by atoms with Gasteiger partial charge in [-0.1, -0.05) is 6.92 Å². The molecule has 3 N–H and O–H groups in total. The molecule has 0 spiro atoms. The van der Waals surface area contributed by atoms with E-state index in [1.54, 1.807) is 0 Å². The summed E-state index contributed by atoms with van der Waals surface area (Å²) in [6.45, 7) is 2.02. The highest BCUT2D eigenvalue weighted by Crippen LogP contribution is 2.38. The quantitative estimate of drug-likeness (QED) is 0.840. The zero-order chi connectivity index (χ0) is 12.6. The number of hydrogen-bond acceptors (Lipinski definition) is 3. The molecular weight excluding hydrogens is 240 g/mol. The maximum Gasteiger partial charge on any atom is 0.238 e. The van der Waals surface area contributed by atoms with Gasteiger partial charge in [-0.3, -0.25) is 4.79 Å². The van der Waals surface area contributed by atoms with Gasteiger partial charge in [0.15, 0.2) is 0 Å². The van der Waals surface area contributed by atoms with E-state index < -0.39 is 10.0 Å². The molecule has 5 nitrogen and oxygen atoms in total. The Bertz CT molecular complexity index is 536. The van der Waals surface area contributed by atoms with Crippen molar-refractivity contribution in [2.45, 2.75) is 18.2 Å². The van der Waals surface area contributed by atoms with E-state index in [2.05, 4.69) is 5.32 Å². The molecule has 2 atom stereocenters. The van der Waals surface area contributed by atoms with Crippen molar-refractivity contribution >= 4 is 21.6 Å². The molecule has 0 saturated heterocycles. The molecule has 1 saturated carbocycles. The first kappa shape index (κ1) is 12.1. The van der Waals surface area contributed by atoms with Crippen molar-refractivity contribution in [2.75, 3.05) is 5.32 Å². The van der Waals surface area contributed by atoms with Gasteiger partial charge in [0.25, 0.3) is 0 Å². The molecule has 1 aliphatic carbocycles. The number of sulfonamides is 1. The van der Waals surface area contributed by atoms with E-state index in [0.717, 1.165) is 6.42 Å². The molecule has 0 aliphatic heterocycles. The van der Waals surface area contributed by atoms with Crippen LogP contribution in [-0.4, -0.2) is 14.3 Å². The third kappa shape index (κ3) is 2.83. The number of anilines is 1. The summed E-state index contributed by atoms with van der Waals surface area (Å²) in [7, 11) is -3.67. The van der Waals surface area contributed by atoms with Crippen molar-refractivity contribution in [3.8, 4) is 0 Å². The summed E-state index contributed by atoms with van der Waals surface area (Å²) in [5.74, 6) is 0.521. The molecule has 0 bridgehead atoms. The number of nitrogens with one attached hydrogen (secondary N) is 1. The molecule has 1 fully saturated rings. The van der Waals surface area contributed by atoms with Crippen molar-refractivity contribution in [3.63, 3.8) is 0 Å². The minimum absolute atomic E-state index is 0.0131. The fourth-order valence-corrected chi connectivity index (χ4v) is 2.17. The summed E-state index contributed by atoms with van der Waals surface area (Å²) in [5.41, 5.74) is 0.585. The van der Waals surface area contributed by atoms with Gasteiger partial charge in [-0.2, -0.15) is 0 Å². The Kier molecular flexibility index (Phi) is 2.92. The van der Waals surface area contributed by atoms with E-state index in [-0.39, 0.29) is 16.7 Å². The first-order valence-corrected chi connectivity index (χ1v) is 6.86. The van der Waals surface area contributed by atoms with Crippen molar-refractivity contribution in [1.82, 2.24) is 0 Å². The number of nitrogens with two attached hydrogens (primary N) is 1. The molecule has 1 aromatic rings. The summed E-state index contributed by atoms with van der Waals surface area (Å²) in [5, 5.41) is 7.71. The highest BCUT2D eigenvalue weighted by atomic mass is 32.2. The minimum Gasteiger partial charge on any atom is -0.326 e. The maximum atomic E-state index is 11.6. The summed E-state index contributed by atoms with van der Waals surface area (Å²) in [4.78, 5) is 11.7. The van der Waals surface area contributed by atoms with Crippen LogP contribution in [0.3, 0.4) is 0 Å². The molecule has 0 aromatic heterocycles. The Balaban J connectivity index is 2.06. The van der Waals surface area contributed by atoms with E-state index in [9.17, 15) is 13.2 Å². The van der Waals surface area contributed by atoms with Crippen molar-refractivity contribution in [3.05, 3.63) is 24.3 Å². The van der Waals surface area contributed by atoms with E-state index in [1.807, 2.05) is 6.92 Å². The van der Waals surface area contributed by atoms with Crippen LogP contribution < -0.4 is 10.5 Å². The molecular formula is C11H14N2O3S. The van der Waals surface area contributed by atoms with Gasteiger partial charge >= 0.3 is 0 Å². The van der Waals surface area contributed by atoms with Crippen LogP contribution in [0.1, 0.15) is 13.3 Å². The topological polar surface area (TPSA) is 89.3 Å². The van der Waals surface area contributed by atoms with Gasteiger partial charge in [-0.05, 0) is 36.6 Å². The summed E-state index contributed by atoms with van der Waals surface area (Å²) in [6, 6.07) is 5.82. The lowest BCUT2D eigenvalue weighted by Gasteiger charge is -2.05. The van der Waals surface area contributed by atoms with Crippen molar-refractivity contribution in [1.29, 1.82) is 0 Å². The van der Waals surface area contributed by atoms with Gasteiger partial charge < -0.3 is 5.32 Å². The van der Waals surface area contributed by atoms with Crippen LogP contribution in [0.15, 0.2) is 29.2 Å². The fourth-order valence-electron chi connectivity index (χ4n) is 1.65. The van der Waals surface area contributed by atoms with Crippen LogP contribution in [0.4, 0.5) is 5.69 Å². The molecule has 92 valence electrons. The van der Waals surface area contributed by atoms with E-state index >= 15 is 0 Å². The van der Waals surface area contributed by atoms with Gasteiger partial charge in [-0.15, -0.1) is 0 Å². The Labute approximate surface area is 100 Å².